The quantitative estimate of drug-likeness (QED) is 0.481. The van der Waals surface area contributed by atoms with Gasteiger partial charge in [-0.3, -0.25) is 19.8 Å². The number of halogens is 1. The highest BCUT2D eigenvalue weighted by Gasteiger charge is 2.49. The van der Waals surface area contributed by atoms with Crippen LogP contribution in [0.4, 0.5) is 10.5 Å². The van der Waals surface area contributed by atoms with Crippen LogP contribution >= 0.6 is 15.9 Å². The number of nitro benzene ring substituents is 1. The summed E-state index contributed by atoms with van der Waals surface area (Å²) in [6, 6.07) is 12.5. The van der Waals surface area contributed by atoms with E-state index in [4.69, 9.17) is 0 Å². The van der Waals surface area contributed by atoms with Crippen LogP contribution in [0.15, 0.2) is 53.0 Å². The Hall–Kier alpha value is -2.74. The molecule has 0 spiro atoms. The molecule has 1 unspecified atom stereocenters. The first-order chi connectivity index (χ1) is 11.8. The van der Waals surface area contributed by atoms with E-state index in [2.05, 4.69) is 21.2 Å². The first kappa shape index (κ1) is 17.1. The van der Waals surface area contributed by atoms with Crippen molar-refractivity contribution in [3.05, 3.63) is 74.2 Å². The first-order valence-corrected chi connectivity index (χ1v) is 8.24. The molecule has 2 aromatic rings. The van der Waals surface area contributed by atoms with Gasteiger partial charge in [0.25, 0.3) is 11.6 Å². The molecule has 25 heavy (non-hydrogen) atoms. The summed E-state index contributed by atoms with van der Waals surface area (Å²) >= 11 is 3.41. The Kier molecular flexibility index (Phi) is 4.30. The van der Waals surface area contributed by atoms with Gasteiger partial charge in [-0.25, -0.2) is 4.79 Å². The third-order valence-electron chi connectivity index (χ3n) is 4.18. The summed E-state index contributed by atoms with van der Waals surface area (Å²) in [6.45, 7) is 1.70. The summed E-state index contributed by atoms with van der Waals surface area (Å²) in [6.07, 6.45) is 0. The number of imide groups is 1. The molecule has 0 aliphatic carbocycles. The van der Waals surface area contributed by atoms with E-state index in [0.29, 0.717) is 11.1 Å². The zero-order chi connectivity index (χ0) is 18.2. The smallest absolute Gasteiger partial charge is 0.319 e. The summed E-state index contributed by atoms with van der Waals surface area (Å²) in [5.41, 5.74) is 0.0850. The van der Waals surface area contributed by atoms with Crippen LogP contribution in [0.1, 0.15) is 18.1 Å². The van der Waals surface area contributed by atoms with Gasteiger partial charge >= 0.3 is 6.03 Å². The van der Waals surface area contributed by atoms with E-state index in [9.17, 15) is 19.7 Å². The monoisotopic (exact) mass is 403 g/mol. The van der Waals surface area contributed by atoms with Crippen LogP contribution in [0.2, 0.25) is 0 Å². The minimum Gasteiger partial charge on any atom is -0.319 e. The van der Waals surface area contributed by atoms with Crippen molar-refractivity contribution in [3.8, 4) is 0 Å². The molecule has 1 N–H and O–H groups in total. The van der Waals surface area contributed by atoms with Crippen LogP contribution in [0, 0.1) is 10.1 Å². The highest BCUT2D eigenvalue weighted by Crippen LogP contribution is 2.34. The molecule has 0 aromatic heterocycles. The Morgan fingerprint density at radius 3 is 2.40 bits per heavy atom. The molecule has 128 valence electrons. The maximum Gasteiger partial charge on any atom is 0.325 e. The van der Waals surface area contributed by atoms with E-state index in [-0.39, 0.29) is 18.1 Å². The van der Waals surface area contributed by atoms with Gasteiger partial charge in [0, 0.05) is 22.2 Å². The number of hydrogen-bond donors (Lipinski definition) is 1. The number of rotatable bonds is 4. The lowest BCUT2D eigenvalue weighted by Crippen LogP contribution is -2.41. The molecule has 0 radical (unpaired) electrons. The maximum atomic E-state index is 12.9. The van der Waals surface area contributed by atoms with Crippen LogP contribution in [-0.2, 0) is 16.9 Å². The SMILES string of the molecule is CC1(c2ccccc2Br)NC(=O)N(Cc2ccc([N+](=O)[O-])cc2)C1=O. The summed E-state index contributed by atoms with van der Waals surface area (Å²) in [5.74, 6) is -0.372. The number of nitrogens with zero attached hydrogens (tertiary/aromatic N) is 2. The van der Waals surface area contributed by atoms with Crippen LogP contribution in [-0.4, -0.2) is 21.8 Å². The van der Waals surface area contributed by atoms with Crippen LogP contribution in [0.3, 0.4) is 0 Å². The van der Waals surface area contributed by atoms with Gasteiger partial charge in [-0.2, -0.15) is 0 Å². The predicted molar refractivity (Wildman–Crippen MR) is 93.7 cm³/mol. The molecule has 8 heteroatoms. The third kappa shape index (κ3) is 3.00. The molecular formula is C17H14BrN3O4. The number of nitro groups is 1. The first-order valence-electron chi connectivity index (χ1n) is 7.45. The Bertz CT molecular complexity index is 868. The van der Waals surface area contributed by atoms with E-state index >= 15 is 0 Å². The summed E-state index contributed by atoms with van der Waals surface area (Å²) < 4.78 is 0.725. The molecule has 2 aromatic carbocycles. The van der Waals surface area contributed by atoms with Gasteiger partial charge in [-0.1, -0.05) is 46.3 Å². The van der Waals surface area contributed by atoms with Crippen molar-refractivity contribution in [2.75, 3.05) is 0 Å². The second-order valence-corrected chi connectivity index (χ2v) is 6.70. The van der Waals surface area contributed by atoms with Gasteiger partial charge in [-0.15, -0.1) is 0 Å². The minimum atomic E-state index is -1.17. The average molecular weight is 404 g/mol. The summed E-state index contributed by atoms with van der Waals surface area (Å²) in [4.78, 5) is 36.5. The van der Waals surface area contributed by atoms with E-state index < -0.39 is 16.5 Å². The molecule has 0 bridgehead atoms. The molecule has 7 nitrogen and oxygen atoms in total. The fourth-order valence-electron chi connectivity index (χ4n) is 2.80. The predicted octanol–water partition coefficient (Wildman–Crippen LogP) is 3.32. The van der Waals surface area contributed by atoms with E-state index in [1.54, 1.807) is 25.1 Å². The molecule has 1 heterocycles. The molecule has 1 fully saturated rings. The van der Waals surface area contributed by atoms with Gasteiger partial charge in [0.05, 0.1) is 11.5 Å². The second kappa shape index (κ2) is 6.29. The summed E-state index contributed by atoms with van der Waals surface area (Å²) in [5, 5.41) is 13.4. The normalized spacial score (nSPS) is 19.8. The highest BCUT2D eigenvalue weighted by atomic mass is 79.9. The topological polar surface area (TPSA) is 92.6 Å². The Labute approximate surface area is 151 Å². The fraction of sp³-hybridized carbons (Fsp3) is 0.176. The molecule has 1 aliphatic heterocycles. The summed E-state index contributed by atoms with van der Waals surface area (Å²) in [7, 11) is 0. The van der Waals surface area contributed by atoms with E-state index in [0.717, 1.165) is 9.37 Å². The zero-order valence-corrected chi connectivity index (χ0v) is 14.8. The van der Waals surface area contributed by atoms with Crippen molar-refractivity contribution in [3.63, 3.8) is 0 Å². The van der Waals surface area contributed by atoms with Gasteiger partial charge < -0.3 is 5.32 Å². The Morgan fingerprint density at radius 2 is 1.80 bits per heavy atom. The number of urea groups is 1. The molecule has 1 saturated heterocycles. The maximum absolute atomic E-state index is 12.9. The molecular weight excluding hydrogens is 390 g/mol. The van der Waals surface area contributed by atoms with Crippen molar-refractivity contribution in [2.45, 2.75) is 19.0 Å². The number of hydrogen-bond acceptors (Lipinski definition) is 4. The highest BCUT2D eigenvalue weighted by molar-refractivity contribution is 9.10. The number of nitrogens with one attached hydrogen (secondary N) is 1. The Morgan fingerprint density at radius 1 is 1.16 bits per heavy atom. The van der Waals surface area contributed by atoms with Crippen molar-refractivity contribution in [1.82, 2.24) is 10.2 Å². The van der Waals surface area contributed by atoms with Crippen LogP contribution < -0.4 is 5.32 Å². The molecule has 0 saturated carbocycles. The van der Waals surface area contributed by atoms with Gasteiger partial charge in [-0.05, 0) is 18.6 Å². The third-order valence-corrected chi connectivity index (χ3v) is 4.87. The number of carbonyl (C=O) groups is 2. The molecule has 1 aliphatic rings. The standard InChI is InChI=1S/C17H14BrN3O4/c1-17(13-4-2-3-5-14(13)18)15(22)20(16(23)19-17)10-11-6-8-12(9-7-11)21(24)25/h2-9H,10H2,1H3,(H,19,23). The van der Waals surface area contributed by atoms with Gasteiger partial charge in [0.2, 0.25) is 0 Å². The van der Waals surface area contributed by atoms with Crippen molar-refractivity contribution < 1.29 is 14.5 Å². The fourth-order valence-corrected chi connectivity index (χ4v) is 3.48. The lowest BCUT2D eigenvalue weighted by atomic mass is 9.92. The average Bonchev–Trinajstić information content (AvgIpc) is 2.80. The van der Waals surface area contributed by atoms with Crippen LogP contribution in [0.5, 0.6) is 0 Å². The largest absolute Gasteiger partial charge is 0.325 e. The zero-order valence-electron chi connectivity index (χ0n) is 13.2. The van der Waals surface area contributed by atoms with Crippen molar-refractivity contribution in [2.24, 2.45) is 0 Å². The minimum absolute atomic E-state index is 0.0426. The van der Waals surface area contributed by atoms with E-state index in [1.165, 1.54) is 24.3 Å². The number of amides is 3. The van der Waals surface area contributed by atoms with Crippen molar-refractivity contribution in [1.29, 1.82) is 0 Å². The van der Waals surface area contributed by atoms with Gasteiger partial charge in [0.1, 0.15) is 5.54 Å². The van der Waals surface area contributed by atoms with E-state index in [1.807, 2.05) is 6.07 Å². The number of non-ortho nitro benzene ring substituents is 1. The number of benzene rings is 2. The lowest BCUT2D eigenvalue weighted by molar-refractivity contribution is -0.384. The van der Waals surface area contributed by atoms with Crippen molar-refractivity contribution >= 4 is 33.6 Å². The molecule has 3 amide bonds. The molecule has 1 atom stereocenters. The lowest BCUT2D eigenvalue weighted by Gasteiger charge is -2.23. The van der Waals surface area contributed by atoms with Crippen LogP contribution in [0.25, 0.3) is 0 Å². The number of carbonyl (C=O) groups excluding carboxylic acids is 2. The van der Waals surface area contributed by atoms with Gasteiger partial charge in [0.15, 0.2) is 0 Å². The molecule has 3 rings (SSSR count). The Balaban J connectivity index is 1.87. The second-order valence-electron chi connectivity index (χ2n) is 5.85.